The Labute approximate surface area is 96.8 Å². The lowest BCUT2D eigenvalue weighted by molar-refractivity contribution is 1.05. The third-order valence-electron chi connectivity index (χ3n) is 2.61. The molecule has 0 bridgehead atoms. The van der Waals surface area contributed by atoms with Crippen LogP contribution in [0.5, 0.6) is 0 Å². The molecule has 0 aliphatic heterocycles. The Balaban J connectivity index is 2.86. The second-order valence-electron chi connectivity index (χ2n) is 3.50. The van der Waals surface area contributed by atoms with Crippen molar-refractivity contribution in [3.63, 3.8) is 0 Å². The van der Waals surface area contributed by atoms with Gasteiger partial charge in [0.2, 0.25) is 0 Å². The van der Waals surface area contributed by atoms with Crippen LogP contribution in [0.4, 0.5) is 5.69 Å². The van der Waals surface area contributed by atoms with E-state index in [0.717, 1.165) is 33.9 Å². The van der Waals surface area contributed by atoms with Crippen LogP contribution in [-0.4, -0.2) is 0 Å². The standard InChI is InChI=1S/C11H13IN2/c12-6-8-5-4-7-2-1-3-9(13)10(7)11(8)14/h2,4-5H,1,3,6,13-14H2. The Kier molecular flexibility index (Phi) is 2.67. The first-order valence-corrected chi connectivity index (χ1v) is 6.18. The lowest BCUT2D eigenvalue weighted by Crippen LogP contribution is -2.35. The lowest BCUT2D eigenvalue weighted by Gasteiger charge is -2.10. The zero-order chi connectivity index (χ0) is 10.1. The highest BCUT2D eigenvalue weighted by Crippen LogP contribution is 2.11. The average Bonchev–Trinajstić information content (AvgIpc) is 2.18. The molecule has 0 aromatic heterocycles. The van der Waals surface area contributed by atoms with Crippen LogP contribution in [0, 0.1) is 0 Å². The van der Waals surface area contributed by atoms with Gasteiger partial charge in [0.05, 0.1) is 0 Å². The van der Waals surface area contributed by atoms with Gasteiger partial charge in [-0.3, -0.25) is 0 Å². The van der Waals surface area contributed by atoms with Crippen LogP contribution in [0.3, 0.4) is 0 Å². The van der Waals surface area contributed by atoms with Crippen LogP contribution in [0.1, 0.15) is 18.4 Å². The minimum absolute atomic E-state index is 0.866. The Morgan fingerprint density at radius 1 is 1.29 bits per heavy atom. The van der Waals surface area contributed by atoms with Crippen LogP contribution < -0.4 is 21.9 Å². The van der Waals surface area contributed by atoms with Crippen molar-refractivity contribution in [2.24, 2.45) is 5.73 Å². The fraction of sp³-hybridized carbons (Fsp3) is 0.273. The zero-order valence-corrected chi connectivity index (χ0v) is 10.0. The summed E-state index contributed by atoms with van der Waals surface area (Å²) >= 11 is 2.32. The highest BCUT2D eigenvalue weighted by molar-refractivity contribution is 14.1. The summed E-state index contributed by atoms with van der Waals surface area (Å²) in [5.41, 5.74) is 15.1. The largest absolute Gasteiger partial charge is 0.401 e. The predicted octanol–water partition coefficient (Wildman–Crippen LogP) is 0.845. The summed E-state index contributed by atoms with van der Waals surface area (Å²) in [5, 5.41) is 2.27. The third-order valence-corrected chi connectivity index (χ3v) is 3.43. The molecular weight excluding hydrogens is 287 g/mol. The fourth-order valence-electron chi connectivity index (χ4n) is 1.83. The molecule has 74 valence electrons. The molecule has 1 aromatic rings. The van der Waals surface area contributed by atoms with E-state index in [1.807, 2.05) is 0 Å². The molecule has 1 aliphatic carbocycles. The Morgan fingerprint density at radius 3 is 2.79 bits per heavy atom. The monoisotopic (exact) mass is 300 g/mol. The molecule has 2 nitrogen and oxygen atoms in total. The number of benzene rings is 1. The van der Waals surface area contributed by atoms with Gasteiger partial charge in [0.25, 0.3) is 0 Å². The molecule has 1 aromatic carbocycles. The number of rotatable bonds is 1. The van der Waals surface area contributed by atoms with E-state index < -0.39 is 0 Å². The minimum Gasteiger partial charge on any atom is -0.401 e. The quantitative estimate of drug-likeness (QED) is 0.459. The molecule has 1 aliphatic rings. The molecule has 0 fully saturated rings. The molecule has 14 heavy (non-hydrogen) atoms. The second-order valence-corrected chi connectivity index (χ2v) is 4.27. The Morgan fingerprint density at radius 2 is 2.07 bits per heavy atom. The van der Waals surface area contributed by atoms with E-state index in [1.54, 1.807) is 0 Å². The number of alkyl halides is 1. The highest BCUT2D eigenvalue weighted by Gasteiger charge is 2.06. The van der Waals surface area contributed by atoms with Gasteiger partial charge in [-0.1, -0.05) is 40.8 Å². The maximum absolute atomic E-state index is 6.08. The van der Waals surface area contributed by atoms with E-state index in [-0.39, 0.29) is 0 Å². The molecule has 3 heteroatoms. The smallest absolute Gasteiger partial charge is 0.0451 e. The van der Waals surface area contributed by atoms with Gasteiger partial charge in [-0.05, 0) is 23.6 Å². The molecule has 0 radical (unpaired) electrons. The number of fused-ring (bicyclic) bond motifs is 1. The second kappa shape index (κ2) is 3.81. The van der Waals surface area contributed by atoms with E-state index in [0.29, 0.717) is 0 Å². The summed E-state index contributed by atoms with van der Waals surface area (Å²) in [5.74, 6) is 0. The number of nitrogens with two attached hydrogens (primary N) is 2. The van der Waals surface area contributed by atoms with Gasteiger partial charge < -0.3 is 11.5 Å². The number of nitrogen functional groups attached to an aromatic ring is 1. The van der Waals surface area contributed by atoms with Crippen molar-refractivity contribution in [1.29, 1.82) is 0 Å². The summed E-state index contributed by atoms with van der Waals surface area (Å²) in [7, 11) is 0. The molecule has 0 heterocycles. The molecule has 0 saturated heterocycles. The zero-order valence-electron chi connectivity index (χ0n) is 7.89. The summed E-state index contributed by atoms with van der Waals surface area (Å²) in [6.07, 6.45) is 4.17. The SMILES string of the molecule is NC1=c2c(N)c(CI)ccc2=CCC1. The summed E-state index contributed by atoms with van der Waals surface area (Å²) < 4.78 is 0.935. The maximum Gasteiger partial charge on any atom is 0.0451 e. The molecule has 2 rings (SSSR count). The van der Waals surface area contributed by atoms with Crippen molar-refractivity contribution < 1.29 is 0 Å². The van der Waals surface area contributed by atoms with Crippen molar-refractivity contribution in [2.45, 2.75) is 17.3 Å². The molecule has 0 unspecified atom stereocenters. The molecular formula is C11H13IN2. The maximum atomic E-state index is 6.08. The first kappa shape index (κ1) is 9.83. The Hall–Kier alpha value is -0.710. The van der Waals surface area contributed by atoms with Crippen LogP contribution in [0.2, 0.25) is 0 Å². The van der Waals surface area contributed by atoms with Gasteiger partial charge >= 0.3 is 0 Å². The average molecular weight is 300 g/mol. The van der Waals surface area contributed by atoms with Crippen LogP contribution in [-0.2, 0) is 4.43 Å². The first-order chi connectivity index (χ1) is 6.74. The van der Waals surface area contributed by atoms with Gasteiger partial charge in [0, 0.05) is 21.0 Å². The summed E-state index contributed by atoms with van der Waals surface area (Å²) in [6, 6.07) is 4.21. The lowest BCUT2D eigenvalue weighted by atomic mass is 10.0. The highest BCUT2D eigenvalue weighted by atomic mass is 127. The first-order valence-electron chi connectivity index (χ1n) is 4.66. The van der Waals surface area contributed by atoms with Gasteiger partial charge in [0.1, 0.15) is 0 Å². The van der Waals surface area contributed by atoms with Crippen molar-refractivity contribution in [2.75, 3.05) is 5.73 Å². The topological polar surface area (TPSA) is 52.0 Å². The normalized spacial score (nSPS) is 14.8. The van der Waals surface area contributed by atoms with E-state index in [2.05, 4.69) is 40.8 Å². The van der Waals surface area contributed by atoms with E-state index in [1.165, 1.54) is 10.8 Å². The molecule has 0 atom stereocenters. The fourth-order valence-corrected chi connectivity index (χ4v) is 2.50. The minimum atomic E-state index is 0.866. The predicted molar refractivity (Wildman–Crippen MR) is 69.1 cm³/mol. The van der Waals surface area contributed by atoms with Crippen LogP contribution >= 0.6 is 22.6 Å². The Bertz CT molecular complexity index is 477. The molecule has 0 spiro atoms. The van der Waals surface area contributed by atoms with E-state index in [4.69, 9.17) is 11.5 Å². The van der Waals surface area contributed by atoms with Gasteiger partial charge in [-0.2, -0.15) is 0 Å². The summed E-state index contributed by atoms with van der Waals surface area (Å²) in [6.45, 7) is 0. The molecule has 0 saturated carbocycles. The van der Waals surface area contributed by atoms with Crippen molar-refractivity contribution in [1.82, 2.24) is 0 Å². The van der Waals surface area contributed by atoms with Crippen LogP contribution in [0.15, 0.2) is 12.1 Å². The van der Waals surface area contributed by atoms with Gasteiger partial charge in [-0.25, -0.2) is 0 Å². The number of hydrogen-bond acceptors (Lipinski definition) is 2. The molecule has 4 N–H and O–H groups in total. The van der Waals surface area contributed by atoms with Crippen molar-refractivity contribution >= 4 is 40.1 Å². The van der Waals surface area contributed by atoms with Crippen molar-refractivity contribution in [3.8, 4) is 0 Å². The number of halogens is 1. The van der Waals surface area contributed by atoms with Crippen molar-refractivity contribution in [3.05, 3.63) is 28.1 Å². The molecule has 0 amide bonds. The van der Waals surface area contributed by atoms with E-state index >= 15 is 0 Å². The third kappa shape index (κ3) is 1.49. The number of hydrogen-bond donors (Lipinski definition) is 2. The van der Waals surface area contributed by atoms with Gasteiger partial charge in [-0.15, -0.1) is 0 Å². The van der Waals surface area contributed by atoms with Gasteiger partial charge in [0.15, 0.2) is 0 Å². The number of anilines is 1. The summed E-state index contributed by atoms with van der Waals surface area (Å²) in [4.78, 5) is 0. The van der Waals surface area contributed by atoms with E-state index in [9.17, 15) is 0 Å². The van der Waals surface area contributed by atoms with Crippen LogP contribution in [0.25, 0.3) is 11.8 Å².